The number of carbonyl (C=O) groups excluding carboxylic acids is 1. The highest BCUT2D eigenvalue weighted by molar-refractivity contribution is 8.14. The van der Waals surface area contributed by atoms with Gasteiger partial charge in [-0.25, -0.2) is 0 Å². The molecule has 1 aromatic carbocycles. The molecular weight excluding hydrogens is 186 g/mol. The van der Waals surface area contributed by atoms with Crippen molar-refractivity contribution in [2.75, 3.05) is 5.73 Å². The number of carbonyl (C=O) groups is 1. The van der Waals surface area contributed by atoms with E-state index < -0.39 is 0 Å². The third-order valence-electron chi connectivity index (χ3n) is 1.65. The summed E-state index contributed by atoms with van der Waals surface area (Å²) >= 11 is 1.10. The SMILES string of the molecule is Nc1cccc(C2N=NC(=O)S2)c1. The number of anilines is 1. The molecule has 0 radical (unpaired) electrons. The zero-order valence-corrected chi connectivity index (χ0v) is 7.49. The Morgan fingerprint density at radius 2 is 2.31 bits per heavy atom. The van der Waals surface area contributed by atoms with Crippen molar-refractivity contribution in [3.8, 4) is 0 Å². The molecule has 0 saturated heterocycles. The Hall–Kier alpha value is -1.36. The first-order chi connectivity index (χ1) is 6.25. The average molecular weight is 193 g/mol. The minimum absolute atomic E-state index is 0.212. The molecular formula is C8H7N3OS. The van der Waals surface area contributed by atoms with Crippen molar-refractivity contribution >= 4 is 22.7 Å². The zero-order valence-electron chi connectivity index (χ0n) is 6.68. The maximum Gasteiger partial charge on any atom is 0.325 e. The van der Waals surface area contributed by atoms with Crippen LogP contribution in [0.1, 0.15) is 10.9 Å². The highest BCUT2D eigenvalue weighted by Gasteiger charge is 2.21. The Morgan fingerprint density at radius 1 is 1.46 bits per heavy atom. The van der Waals surface area contributed by atoms with E-state index in [9.17, 15) is 4.79 Å². The summed E-state index contributed by atoms with van der Waals surface area (Å²) in [4.78, 5) is 10.8. The van der Waals surface area contributed by atoms with Crippen LogP contribution >= 0.6 is 11.8 Å². The highest BCUT2D eigenvalue weighted by atomic mass is 32.2. The summed E-state index contributed by atoms with van der Waals surface area (Å²) in [5, 5.41) is 6.79. The molecule has 1 aromatic rings. The Labute approximate surface area is 79.2 Å². The Kier molecular flexibility index (Phi) is 2.02. The van der Waals surface area contributed by atoms with Crippen LogP contribution in [0.15, 0.2) is 34.5 Å². The van der Waals surface area contributed by atoms with Crippen molar-refractivity contribution in [1.29, 1.82) is 0 Å². The molecule has 1 aliphatic heterocycles. The lowest BCUT2D eigenvalue weighted by atomic mass is 10.2. The van der Waals surface area contributed by atoms with Gasteiger partial charge in [-0.05, 0) is 29.5 Å². The van der Waals surface area contributed by atoms with E-state index in [4.69, 9.17) is 5.73 Å². The molecule has 0 bridgehead atoms. The first kappa shape index (κ1) is 8.25. The molecule has 0 aliphatic carbocycles. The number of azo groups is 1. The second-order valence-corrected chi connectivity index (χ2v) is 3.65. The summed E-state index contributed by atoms with van der Waals surface area (Å²) in [6.07, 6.45) is 0. The van der Waals surface area contributed by atoms with Gasteiger partial charge in [-0.3, -0.25) is 4.79 Å². The van der Waals surface area contributed by atoms with E-state index >= 15 is 0 Å². The number of thioether (sulfide) groups is 1. The van der Waals surface area contributed by atoms with Crippen molar-refractivity contribution in [2.45, 2.75) is 5.37 Å². The van der Waals surface area contributed by atoms with E-state index in [1.807, 2.05) is 12.1 Å². The summed E-state index contributed by atoms with van der Waals surface area (Å²) in [5.41, 5.74) is 7.18. The number of hydrogen-bond donors (Lipinski definition) is 1. The lowest BCUT2D eigenvalue weighted by Crippen LogP contribution is -1.90. The summed E-state index contributed by atoms with van der Waals surface area (Å²) in [6.45, 7) is 0. The molecule has 1 heterocycles. The van der Waals surface area contributed by atoms with Crippen LogP contribution in [0.2, 0.25) is 0 Å². The molecule has 66 valence electrons. The van der Waals surface area contributed by atoms with Gasteiger partial charge in [0.2, 0.25) is 0 Å². The third kappa shape index (κ3) is 1.70. The number of benzene rings is 1. The first-order valence-corrected chi connectivity index (χ1v) is 4.60. The van der Waals surface area contributed by atoms with E-state index in [0.717, 1.165) is 17.3 Å². The van der Waals surface area contributed by atoms with Crippen LogP contribution in [0.3, 0.4) is 0 Å². The number of nitrogen functional groups attached to an aromatic ring is 1. The van der Waals surface area contributed by atoms with Gasteiger partial charge in [0.15, 0.2) is 5.37 Å². The normalized spacial score (nSPS) is 20.9. The van der Waals surface area contributed by atoms with Crippen molar-refractivity contribution in [1.82, 2.24) is 0 Å². The Morgan fingerprint density at radius 3 is 2.92 bits per heavy atom. The van der Waals surface area contributed by atoms with Crippen LogP contribution in [0.25, 0.3) is 0 Å². The molecule has 2 N–H and O–H groups in total. The molecule has 0 fully saturated rings. The maximum atomic E-state index is 10.8. The van der Waals surface area contributed by atoms with Gasteiger partial charge in [0, 0.05) is 5.69 Å². The minimum Gasteiger partial charge on any atom is -0.399 e. The van der Waals surface area contributed by atoms with Gasteiger partial charge in [0.25, 0.3) is 0 Å². The summed E-state index contributed by atoms with van der Waals surface area (Å²) in [6, 6.07) is 7.31. The molecule has 2 rings (SSSR count). The maximum absolute atomic E-state index is 10.8. The van der Waals surface area contributed by atoms with Gasteiger partial charge in [0.05, 0.1) is 0 Å². The lowest BCUT2D eigenvalue weighted by Gasteiger charge is -2.03. The van der Waals surface area contributed by atoms with Crippen molar-refractivity contribution in [3.05, 3.63) is 29.8 Å². The molecule has 0 spiro atoms. The van der Waals surface area contributed by atoms with Gasteiger partial charge in [0.1, 0.15) is 0 Å². The third-order valence-corrected chi connectivity index (χ3v) is 2.53. The first-order valence-electron chi connectivity index (χ1n) is 3.72. The van der Waals surface area contributed by atoms with E-state index in [0.29, 0.717) is 5.69 Å². The second kappa shape index (κ2) is 3.18. The Bertz CT molecular complexity index is 377. The van der Waals surface area contributed by atoms with Gasteiger partial charge >= 0.3 is 5.24 Å². The van der Waals surface area contributed by atoms with Crippen LogP contribution < -0.4 is 5.73 Å². The number of hydrogen-bond acceptors (Lipinski definition) is 4. The molecule has 0 saturated carbocycles. The molecule has 1 unspecified atom stereocenters. The van der Waals surface area contributed by atoms with E-state index in [1.54, 1.807) is 12.1 Å². The van der Waals surface area contributed by atoms with Crippen LogP contribution in [-0.4, -0.2) is 5.24 Å². The van der Waals surface area contributed by atoms with Crippen molar-refractivity contribution in [2.24, 2.45) is 10.2 Å². The second-order valence-electron chi connectivity index (χ2n) is 2.62. The van der Waals surface area contributed by atoms with Gasteiger partial charge in [-0.1, -0.05) is 12.1 Å². The standard InChI is InChI=1S/C8H7N3OS/c9-6-3-1-2-5(4-6)7-10-11-8(12)13-7/h1-4,7H,9H2. The van der Waals surface area contributed by atoms with Crippen LogP contribution in [0.4, 0.5) is 10.5 Å². The Balaban J connectivity index is 2.27. The minimum atomic E-state index is -0.243. The number of nitrogens with zero attached hydrogens (tertiary/aromatic N) is 2. The van der Waals surface area contributed by atoms with Crippen molar-refractivity contribution < 1.29 is 4.79 Å². The molecule has 13 heavy (non-hydrogen) atoms. The predicted octanol–water partition coefficient (Wildman–Crippen LogP) is 2.59. The zero-order chi connectivity index (χ0) is 9.26. The van der Waals surface area contributed by atoms with Crippen LogP contribution in [-0.2, 0) is 0 Å². The fraction of sp³-hybridized carbons (Fsp3) is 0.125. The molecule has 5 heteroatoms. The summed E-state index contributed by atoms with van der Waals surface area (Å²) in [7, 11) is 0. The van der Waals surface area contributed by atoms with Gasteiger partial charge in [-0.2, -0.15) is 5.11 Å². The van der Waals surface area contributed by atoms with Crippen LogP contribution in [0, 0.1) is 0 Å². The topological polar surface area (TPSA) is 67.8 Å². The molecule has 4 nitrogen and oxygen atoms in total. The molecule has 1 amide bonds. The predicted molar refractivity (Wildman–Crippen MR) is 51.4 cm³/mol. The van der Waals surface area contributed by atoms with Crippen molar-refractivity contribution in [3.63, 3.8) is 0 Å². The summed E-state index contributed by atoms with van der Waals surface area (Å²) < 4.78 is 0. The number of nitrogens with two attached hydrogens (primary N) is 1. The summed E-state index contributed by atoms with van der Waals surface area (Å²) in [5.74, 6) is 0. The van der Waals surface area contributed by atoms with Gasteiger partial charge in [-0.15, -0.1) is 5.11 Å². The lowest BCUT2D eigenvalue weighted by molar-refractivity contribution is 0.267. The highest BCUT2D eigenvalue weighted by Crippen LogP contribution is 2.37. The van der Waals surface area contributed by atoms with Crippen LogP contribution in [0.5, 0.6) is 0 Å². The van der Waals surface area contributed by atoms with E-state index in [-0.39, 0.29) is 10.6 Å². The molecule has 1 atom stereocenters. The number of rotatable bonds is 1. The monoisotopic (exact) mass is 193 g/mol. The van der Waals surface area contributed by atoms with Gasteiger partial charge < -0.3 is 5.73 Å². The molecule has 0 aromatic heterocycles. The van der Waals surface area contributed by atoms with E-state index in [2.05, 4.69) is 10.2 Å². The fourth-order valence-corrected chi connectivity index (χ4v) is 1.75. The average Bonchev–Trinajstić information content (AvgIpc) is 2.52. The number of amides is 1. The fourth-order valence-electron chi connectivity index (χ4n) is 1.09. The quantitative estimate of drug-likeness (QED) is 0.697. The smallest absolute Gasteiger partial charge is 0.325 e. The van der Waals surface area contributed by atoms with E-state index in [1.165, 1.54) is 0 Å². The largest absolute Gasteiger partial charge is 0.399 e. The molecule has 1 aliphatic rings.